The summed E-state index contributed by atoms with van der Waals surface area (Å²) in [5.74, 6) is 0.976. The predicted octanol–water partition coefficient (Wildman–Crippen LogP) is 1.36. The Morgan fingerprint density at radius 3 is 2.75 bits per heavy atom. The van der Waals surface area contributed by atoms with E-state index in [2.05, 4.69) is 30.6 Å². The van der Waals surface area contributed by atoms with Crippen LogP contribution in [0.25, 0.3) is 0 Å². The topological polar surface area (TPSA) is 84.9 Å². The number of hydrogen-bond acceptors (Lipinski definition) is 7. The molecule has 0 radical (unpaired) electrons. The van der Waals surface area contributed by atoms with Crippen molar-refractivity contribution in [3.05, 3.63) is 30.1 Å². The number of anilines is 2. The number of nitrogens with one attached hydrogen (secondary N) is 2. The highest BCUT2D eigenvalue weighted by molar-refractivity contribution is 5.35. The first-order chi connectivity index (χ1) is 9.81. The fourth-order valence-corrected chi connectivity index (χ4v) is 1.61. The zero-order chi connectivity index (χ0) is 14.2. The van der Waals surface area contributed by atoms with Crippen molar-refractivity contribution < 1.29 is 4.74 Å². The van der Waals surface area contributed by atoms with Crippen LogP contribution in [0.5, 0.6) is 6.01 Å². The molecule has 0 aliphatic carbocycles. The summed E-state index contributed by atoms with van der Waals surface area (Å²) in [6.07, 6.45) is 4.45. The van der Waals surface area contributed by atoms with Crippen LogP contribution in [-0.4, -0.2) is 40.1 Å². The second-order valence-electron chi connectivity index (χ2n) is 3.99. The zero-order valence-corrected chi connectivity index (χ0v) is 11.6. The van der Waals surface area contributed by atoms with E-state index < -0.39 is 0 Å². The number of pyridine rings is 1. The molecule has 0 saturated carbocycles. The minimum Gasteiger partial charge on any atom is -0.464 e. The van der Waals surface area contributed by atoms with Gasteiger partial charge >= 0.3 is 6.01 Å². The molecule has 0 amide bonds. The van der Waals surface area contributed by atoms with Crippen molar-refractivity contribution in [3.63, 3.8) is 0 Å². The van der Waals surface area contributed by atoms with Crippen LogP contribution in [0.2, 0.25) is 0 Å². The Bertz CT molecular complexity index is 534. The molecule has 2 aromatic heterocycles. The maximum absolute atomic E-state index is 5.30. The summed E-state index contributed by atoms with van der Waals surface area (Å²) in [6, 6.07) is 4.27. The van der Waals surface area contributed by atoms with Crippen molar-refractivity contribution in [3.8, 4) is 6.01 Å². The van der Waals surface area contributed by atoms with Gasteiger partial charge in [0.1, 0.15) is 0 Å². The maximum Gasteiger partial charge on any atom is 0.323 e. The molecule has 7 nitrogen and oxygen atoms in total. The normalized spacial score (nSPS) is 10.1. The monoisotopic (exact) mass is 274 g/mol. The van der Waals surface area contributed by atoms with E-state index in [1.54, 1.807) is 13.2 Å². The van der Waals surface area contributed by atoms with E-state index in [9.17, 15) is 0 Å². The third kappa shape index (κ3) is 4.04. The second-order valence-corrected chi connectivity index (χ2v) is 3.99. The fraction of sp³-hybridized carbons (Fsp3) is 0.385. The van der Waals surface area contributed by atoms with Crippen LogP contribution in [-0.2, 0) is 6.42 Å². The standard InChI is InChI=1S/C13H18N6O/c1-3-20-13-18-11(14-2)17-12(19-13)16-8-6-10-5-4-7-15-9-10/h4-5,7,9H,3,6,8H2,1-2H3,(H2,14,16,17,18,19). The molecule has 2 heterocycles. The number of rotatable bonds is 7. The Hall–Kier alpha value is -2.44. The summed E-state index contributed by atoms with van der Waals surface area (Å²) >= 11 is 0. The minimum atomic E-state index is 0.315. The molecular weight excluding hydrogens is 256 g/mol. The Balaban J connectivity index is 1.96. The molecular formula is C13H18N6O. The average molecular weight is 274 g/mol. The number of nitrogens with zero attached hydrogens (tertiary/aromatic N) is 4. The van der Waals surface area contributed by atoms with Gasteiger partial charge in [0, 0.05) is 26.0 Å². The molecule has 106 valence electrons. The van der Waals surface area contributed by atoms with Crippen LogP contribution >= 0.6 is 0 Å². The Morgan fingerprint density at radius 2 is 2.05 bits per heavy atom. The van der Waals surface area contributed by atoms with E-state index in [0.717, 1.165) is 12.0 Å². The van der Waals surface area contributed by atoms with E-state index in [0.29, 0.717) is 31.1 Å². The van der Waals surface area contributed by atoms with Crippen molar-refractivity contribution in [2.75, 3.05) is 30.8 Å². The lowest BCUT2D eigenvalue weighted by Crippen LogP contribution is -2.11. The highest BCUT2D eigenvalue weighted by Crippen LogP contribution is 2.10. The van der Waals surface area contributed by atoms with Crippen molar-refractivity contribution in [2.45, 2.75) is 13.3 Å². The maximum atomic E-state index is 5.30. The molecule has 2 aromatic rings. The van der Waals surface area contributed by atoms with Crippen LogP contribution in [0.1, 0.15) is 12.5 Å². The molecule has 2 N–H and O–H groups in total. The number of ether oxygens (including phenoxy) is 1. The van der Waals surface area contributed by atoms with Gasteiger partial charge in [-0.15, -0.1) is 0 Å². The molecule has 0 saturated heterocycles. The Labute approximate surface area is 117 Å². The molecule has 0 atom stereocenters. The fourth-order valence-electron chi connectivity index (χ4n) is 1.61. The Morgan fingerprint density at radius 1 is 1.20 bits per heavy atom. The molecule has 20 heavy (non-hydrogen) atoms. The highest BCUT2D eigenvalue weighted by Gasteiger charge is 2.05. The lowest BCUT2D eigenvalue weighted by Gasteiger charge is -2.08. The van der Waals surface area contributed by atoms with Gasteiger partial charge in [0.2, 0.25) is 11.9 Å². The third-order valence-corrected chi connectivity index (χ3v) is 2.53. The molecule has 0 aliphatic rings. The van der Waals surface area contributed by atoms with Gasteiger partial charge in [-0.2, -0.15) is 15.0 Å². The van der Waals surface area contributed by atoms with Gasteiger partial charge in [0.25, 0.3) is 0 Å². The zero-order valence-electron chi connectivity index (χ0n) is 11.6. The molecule has 0 spiro atoms. The number of aromatic nitrogens is 4. The third-order valence-electron chi connectivity index (χ3n) is 2.53. The molecule has 0 aliphatic heterocycles. The SMILES string of the molecule is CCOc1nc(NC)nc(NCCc2cccnc2)n1. The predicted molar refractivity (Wildman–Crippen MR) is 77.0 cm³/mol. The second kappa shape index (κ2) is 7.22. The summed E-state index contributed by atoms with van der Waals surface area (Å²) < 4.78 is 5.30. The average Bonchev–Trinajstić information content (AvgIpc) is 2.48. The van der Waals surface area contributed by atoms with Gasteiger partial charge < -0.3 is 15.4 Å². The lowest BCUT2D eigenvalue weighted by molar-refractivity contribution is 0.312. The Kier molecular flexibility index (Phi) is 5.05. The van der Waals surface area contributed by atoms with E-state index >= 15 is 0 Å². The summed E-state index contributed by atoms with van der Waals surface area (Å²) in [4.78, 5) is 16.6. The van der Waals surface area contributed by atoms with E-state index in [4.69, 9.17) is 4.74 Å². The largest absolute Gasteiger partial charge is 0.464 e. The van der Waals surface area contributed by atoms with Crippen molar-refractivity contribution >= 4 is 11.9 Å². The molecule has 2 rings (SSSR count). The summed E-state index contributed by atoms with van der Waals surface area (Å²) in [7, 11) is 1.75. The quantitative estimate of drug-likeness (QED) is 0.788. The first-order valence-corrected chi connectivity index (χ1v) is 6.51. The van der Waals surface area contributed by atoms with E-state index in [-0.39, 0.29) is 0 Å². The minimum absolute atomic E-state index is 0.315. The van der Waals surface area contributed by atoms with Crippen LogP contribution in [0, 0.1) is 0 Å². The molecule has 0 fully saturated rings. The molecule has 0 aromatic carbocycles. The first kappa shape index (κ1) is 14.0. The molecule has 0 unspecified atom stereocenters. The summed E-state index contributed by atoms with van der Waals surface area (Å²) in [5, 5.41) is 6.04. The van der Waals surface area contributed by atoms with Crippen molar-refractivity contribution in [1.82, 2.24) is 19.9 Å². The van der Waals surface area contributed by atoms with Gasteiger partial charge in [-0.25, -0.2) is 0 Å². The van der Waals surface area contributed by atoms with Crippen molar-refractivity contribution in [1.29, 1.82) is 0 Å². The van der Waals surface area contributed by atoms with E-state index in [1.807, 2.05) is 25.3 Å². The van der Waals surface area contributed by atoms with Gasteiger partial charge in [-0.3, -0.25) is 4.98 Å². The van der Waals surface area contributed by atoms with Crippen LogP contribution < -0.4 is 15.4 Å². The van der Waals surface area contributed by atoms with E-state index in [1.165, 1.54) is 0 Å². The highest BCUT2D eigenvalue weighted by atomic mass is 16.5. The van der Waals surface area contributed by atoms with Gasteiger partial charge in [-0.05, 0) is 25.0 Å². The number of hydrogen-bond donors (Lipinski definition) is 2. The summed E-state index contributed by atoms with van der Waals surface area (Å²) in [6.45, 7) is 3.12. The van der Waals surface area contributed by atoms with Crippen molar-refractivity contribution in [2.24, 2.45) is 0 Å². The first-order valence-electron chi connectivity index (χ1n) is 6.51. The van der Waals surface area contributed by atoms with Crippen LogP contribution in [0.4, 0.5) is 11.9 Å². The molecule has 7 heteroatoms. The van der Waals surface area contributed by atoms with Crippen LogP contribution in [0.15, 0.2) is 24.5 Å². The molecule has 0 bridgehead atoms. The lowest BCUT2D eigenvalue weighted by atomic mass is 10.2. The van der Waals surface area contributed by atoms with Crippen LogP contribution in [0.3, 0.4) is 0 Å². The smallest absolute Gasteiger partial charge is 0.323 e. The van der Waals surface area contributed by atoms with Gasteiger partial charge in [-0.1, -0.05) is 6.07 Å². The summed E-state index contributed by atoms with van der Waals surface area (Å²) in [5.41, 5.74) is 1.16. The van der Waals surface area contributed by atoms with Gasteiger partial charge in [0.05, 0.1) is 6.61 Å². The van der Waals surface area contributed by atoms with Gasteiger partial charge in [0.15, 0.2) is 0 Å².